The lowest BCUT2D eigenvalue weighted by molar-refractivity contribution is -0.134. The first-order chi connectivity index (χ1) is 10.7. The van der Waals surface area contributed by atoms with Crippen LogP contribution in [0, 0.1) is 11.8 Å². The number of nitrogens with one attached hydrogen (secondary N) is 1. The van der Waals surface area contributed by atoms with E-state index in [4.69, 9.17) is 0 Å². The van der Waals surface area contributed by atoms with E-state index in [0.29, 0.717) is 29.8 Å². The van der Waals surface area contributed by atoms with E-state index in [9.17, 15) is 4.79 Å². The molecule has 0 unspecified atom stereocenters. The third-order valence-electron chi connectivity index (χ3n) is 5.17. The van der Waals surface area contributed by atoms with Gasteiger partial charge < -0.3 is 10.2 Å². The van der Waals surface area contributed by atoms with Gasteiger partial charge in [0.15, 0.2) is 0 Å². The number of nitrogens with zero attached hydrogens (tertiary/aromatic N) is 1. The molecule has 2 aliphatic rings. The molecule has 1 saturated carbocycles. The van der Waals surface area contributed by atoms with E-state index in [0.717, 1.165) is 38.8 Å². The van der Waals surface area contributed by atoms with Crippen LogP contribution in [0.15, 0.2) is 30.3 Å². The van der Waals surface area contributed by atoms with E-state index in [1.807, 2.05) is 0 Å². The summed E-state index contributed by atoms with van der Waals surface area (Å²) in [6.07, 6.45) is 4.38. The molecule has 0 bridgehead atoms. The van der Waals surface area contributed by atoms with Crippen molar-refractivity contribution in [3.63, 3.8) is 0 Å². The standard InChI is InChI=1S/C19H28N2O/c1-3-17(15-7-5-4-6-8-15)20-18-11-12-21(13-14(18)2)19(22)16-9-10-16/h4-8,14,16-18,20H,3,9-13H2,1-2H3/t14-,17+,18-/m1/s1. The summed E-state index contributed by atoms with van der Waals surface area (Å²) in [5, 5.41) is 3.84. The molecule has 0 radical (unpaired) electrons. The third kappa shape index (κ3) is 3.52. The van der Waals surface area contributed by atoms with Gasteiger partial charge >= 0.3 is 0 Å². The minimum absolute atomic E-state index is 0.351. The predicted molar refractivity (Wildman–Crippen MR) is 89.5 cm³/mol. The van der Waals surface area contributed by atoms with Crippen molar-refractivity contribution in [3.8, 4) is 0 Å². The normalized spacial score (nSPS) is 26.7. The maximum absolute atomic E-state index is 12.2. The van der Waals surface area contributed by atoms with Crippen molar-refractivity contribution in [2.45, 2.75) is 51.6 Å². The second-order valence-electron chi connectivity index (χ2n) is 6.97. The van der Waals surface area contributed by atoms with Gasteiger partial charge in [0, 0.05) is 31.1 Å². The first kappa shape index (κ1) is 15.5. The number of hydrogen-bond donors (Lipinski definition) is 1. The molecule has 0 aromatic heterocycles. The minimum atomic E-state index is 0.351. The van der Waals surface area contributed by atoms with Gasteiger partial charge in [-0.25, -0.2) is 0 Å². The summed E-state index contributed by atoms with van der Waals surface area (Å²) in [5.74, 6) is 1.28. The summed E-state index contributed by atoms with van der Waals surface area (Å²) >= 11 is 0. The molecule has 1 aromatic rings. The Morgan fingerprint density at radius 2 is 2.00 bits per heavy atom. The highest BCUT2D eigenvalue weighted by atomic mass is 16.2. The Labute approximate surface area is 134 Å². The van der Waals surface area contributed by atoms with Crippen LogP contribution in [0.4, 0.5) is 0 Å². The van der Waals surface area contributed by atoms with Crippen molar-refractivity contribution in [2.24, 2.45) is 11.8 Å². The Bertz CT molecular complexity index is 497. The summed E-state index contributed by atoms with van der Waals surface area (Å²) < 4.78 is 0. The molecule has 2 fully saturated rings. The fraction of sp³-hybridized carbons (Fsp3) is 0.632. The maximum Gasteiger partial charge on any atom is 0.225 e. The Morgan fingerprint density at radius 3 is 2.59 bits per heavy atom. The number of hydrogen-bond acceptors (Lipinski definition) is 2. The van der Waals surface area contributed by atoms with E-state index in [-0.39, 0.29) is 0 Å². The van der Waals surface area contributed by atoms with Gasteiger partial charge in [0.2, 0.25) is 5.91 Å². The summed E-state index contributed by atoms with van der Waals surface area (Å²) in [6.45, 7) is 6.35. The number of carbonyl (C=O) groups excluding carboxylic acids is 1. The van der Waals surface area contributed by atoms with Crippen LogP contribution in [0.3, 0.4) is 0 Å². The molecule has 1 amide bonds. The minimum Gasteiger partial charge on any atom is -0.342 e. The van der Waals surface area contributed by atoms with Crippen molar-refractivity contribution < 1.29 is 4.79 Å². The molecule has 3 heteroatoms. The van der Waals surface area contributed by atoms with Crippen LogP contribution in [0.25, 0.3) is 0 Å². The molecule has 1 aliphatic heterocycles. The molecule has 1 N–H and O–H groups in total. The molecule has 3 rings (SSSR count). The number of amides is 1. The molecule has 1 saturated heterocycles. The summed E-state index contributed by atoms with van der Waals surface area (Å²) in [7, 11) is 0. The fourth-order valence-corrected chi connectivity index (χ4v) is 3.58. The van der Waals surface area contributed by atoms with Gasteiger partial charge in [0.25, 0.3) is 0 Å². The van der Waals surface area contributed by atoms with E-state index in [2.05, 4.69) is 54.4 Å². The summed E-state index contributed by atoms with van der Waals surface area (Å²) in [4.78, 5) is 14.3. The van der Waals surface area contributed by atoms with E-state index in [1.165, 1.54) is 5.56 Å². The molecule has 0 spiro atoms. The first-order valence-corrected chi connectivity index (χ1v) is 8.78. The Kier molecular flexibility index (Phi) is 4.82. The Morgan fingerprint density at radius 1 is 1.27 bits per heavy atom. The van der Waals surface area contributed by atoms with Gasteiger partial charge in [-0.3, -0.25) is 4.79 Å². The fourth-order valence-electron chi connectivity index (χ4n) is 3.58. The number of piperidine rings is 1. The molecule has 120 valence electrons. The highest BCUT2D eigenvalue weighted by molar-refractivity contribution is 5.81. The molecule has 3 nitrogen and oxygen atoms in total. The van der Waals surface area contributed by atoms with Crippen molar-refractivity contribution >= 4 is 5.91 Å². The second kappa shape index (κ2) is 6.82. The SMILES string of the molecule is CC[C@H](N[C@@H]1CCN(C(=O)C2CC2)C[C@H]1C)c1ccccc1. The van der Waals surface area contributed by atoms with Crippen molar-refractivity contribution in [3.05, 3.63) is 35.9 Å². The average molecular weight is 300 g/mol. The van der Waals surface area contributed by atoms with E-state index < -0.39 is 0 Å². The van der Waals surface area contributed by atoms with Gasteiger partial charge in [-0.15, -0.1) is 0 Å². The zero-order valence-corrected chi connectivity index (χ0v) is 13.8. The summed E-state index contributed by atoms with van der Waals surface area (Å²) in [6, 6.07) is 11.6. The van der Waals surface area contributed by atoms with Gasteiger partial charge in [-0.05, 0) is 37.2 Å². The van der Waals surface area contributed by atoms with E-state index >= 15 is 0 Å². The van der Waals surface area contributed by atoms with Crippen molar-refractivity contribution in [1.29, 1.82) is 0 Å². The second-order valence-corrected chi connectivity index (χ2v) is 6.97. The topological polar surface area (TPSA) is 32.3 Å². The highest BCUT2D eigenvalue weighted by Crippen LogP contribution is 2.33. The lowest BCUT2D eigenvalue weighted by atomic mass is 9.91. The lowest BCUT2D eigenvalue weighted by Gasteiger charge is -2.39. The van der Waals surface area contributed by atoms with Gasteiger partial charge in [-0.2, -0.15) is 0 Å². The number of benzene rings is 1. The molecule has 3 atom stereocenters. The van der Waals surface area contributed by atoms with Gasteiger partial charge in [0.05, 0.1) is 0 Å². The van der Waals surface area contributed by atoms with Crippen LogP contribution in [-0.4, -0.2) is 29.9 Å². The van der Waals surface area contributed by atoms with Crippen LogP contribution in [-0.2, 0) is 4.79 Å². The van der Waals surface area contributed by atoms with Crippen LogP contribution in [0.1, 0.15) is 51.1 Å². The Hall–Kier alpha value is -1.35. The largest absolute Gasteiger partial charge is 0.342 e. The monoisotopic (exact) mass is 300 g/mol. The van der Waals surface area contributed by atoms with Gasteiger partial charge in [-0.1, -0.05) is 44.2 Å². The smallest absolute Gasteiger partial charge is 0.225 e. The lowest BCUT2D eigenvalue weighted by Crippen LogP contribution is -2.51. The molecular weight excluding hydrogens is 272 g/mol. The zero-order chi connectivity index (χ0) is 15.5. The highest BCUT2D eigenvalue weighted by Gasteiger charge is 2.37. The molecule has 1 aromatic carbocycles. The maximum atomic E-state index is 12.2. The van der Waals surface area contributed by atoms with Crippen LogP contribution in [0.2, 0.25) is 0 Å². The van der Waals surface area contributed by atoms with Crippen LogP contribution in [0.5, 0.6) is 0 Å². The number of carbonyl (C=O) groups is 1. The number of likely N-dealkylation sites (tertiary alicyclic amines) is 1. The number of rotatable bonds is 5. The molecule has 1 heterocycles. The van der Waals surface area contributed by atoms with Crippen molar-refractivity contribution in [1.82, 2.24) is 10.2 Å². The summed E-state index contributed by atoms with van der Waals surface area (Å²) in [5.41, 5.74) is 1.37. The van der Waals surface area contributed by atoms with Crippen LogP contribution < -0.4 is 5.32 Å². The molecule has 22 heavy (non-hydrogen) atoms. The molecular formula is C19H28N2O. The quantitative estimate of drug-likeness (QED) is 0.904. The molecule has 1 aliphatic carbocycles. The van der Waals surface area contributed by atoms with Crippen molar-refractivity contribution in [2.75, 3.05) is 13.1 Å². The van der Waals surface area contributed by atoms with Crippen LogP contribution >= 0.6 is 0 Å². The van der Waals surface area contributed by atoms with Gasteiger partial charge in [0.1, 0.15) is 0 Å². The first-order valence-electron chi connectivity index (χ1n) is 8.78. The third-order valence-corrected chi connectivity index (χ3v) is 5.17. The Balaban J connectivity index is 1.57. The zero-order valence-electron chi connectivity index (χ0n) is 13.8. The predicted octanol–water partition coefficient (Wildman–Crippen LogP) is 3.37. The van der Waals surface area contributed by atoms with E-state index in [1.54, 1.807) is 0 Å². The average Bonchev–Trinajstić information content (AvgIpc) is 3.39.